The van der Waals surface area contributed by atoms with Crippen LogP contribution in [0.1, 0.15) is 239 Å². The summed E-state index contributed by atoms with van der Waals surface area (Å²) < 4.78 is 28.3. The van der Waals surface area contributed by atoms with Crippen LogP contribution in [0, 0.1) is 0 Å². The monoisotopic (exact) mass is 1050 g/mol. The van der Waals surface area contributed by atoms with E-state index in [2.05, 4.69) is 106 Å². The van der Waals surface area contributed by atoms with E-state index >= 15 is 0 Å². The number of aliphatic hydroxyl groups excluding tert-OH is 2. The maximum Gasteiger partial charge on any atom is 0.335 e. The van der Waals surface area contributed by atoms with Crippen molar-refractivity contribution in [1.82, 2.24) is 0 Å². The van der Waals surface area contributed by atoms with Crippen LogP contribution in [0.5, 0.6) is 0 Å². The third-order valence-corrected chi connectivity index (χ3v) is 12.9. The van der Waals surface area contributed by atoms with Gasteiger partial charge in [-0.2, -0.15) is 0 Å². The second-order valence-corrected chi connectivity index (χ2v) is 19.9. The summed E-state index contributed by atoms with van der Waals surface area (Å²) in [6, 6.07) is 0. The minimum Gasteiger partial charge on any atom is -0.479 e. The molecule has 0 saturated carbocycles. The van der Waals surface area contributed by atoms with E-state index in [1.807, 2.05) is 0 Å². The predicted molar refractivity (Wildman–Crippen MR) is 303 cm³/mol. The minimum absolute atomic E-state index is 0.0491. The first-order valence-corrected chi connectivity index (χ1v) is 29.6. The molecule has 12 heteroatoms. The summed E-state index contributed by atoms with van der Waals surface area (Å²) in [5.41, 5.74) is 0. The summed E-state index contributed by atoms with van der Waals surface area (Å²) in [6.07, 6.45) is 52.8. The minimum atomic E-state index is -1.91. The Hall–Kier alpha value is -4.10. The second kappa shape index (κ2) is 50.7. The Kier molecular flexibility index (Phi) is 46.6. The zero-order valence-electron chi connectivity index (χ0n) is 47.0. The van der Waals surface area contributed by atoms with Gasteiger partial charge in [0.1, 0.15) is 18.8 Å². The van der Waals surface area contributed by atoms with Gasteiger partial charge in [-0.1, -0.05) is 196 Å². The molecule has 0 aromatic rings. The number of carbonyl (C=O) groups excluding carboxylic acids is 3. The van der Waals surface area contributed by atoms with Gasteiger partial charge in [-0.15, -0.1) is 0 Å². The first kappa shape index (κ1) is 68.9. The van der Waals surface area contributed by atoms with Crippen LogP contribution in [0.2, 0.25) is 0 Å². The van der Waals surface area contributed by atoms with Crippen molar-refractivity contribution in [2.75, 3.05) is 13.2 Å². The highest BCUT2D eigenvalue weighted by atomic mass is 16.7. The summed E-state index contributed by atoms with van der Waals surface area (Å²) in [7, 11) is 0. The first-order chi connectivity index (χ1) is 36.6. The zero-order valence-corrected chi connectivity index (χ0v) is 47.0. The van der Waals surface area contributed by atoms with Gasteiger partial charge < -0.3 is 39.0 Å². The highest BCUT2D eigenvalue weighted by molar-refractivity contribution is 5.74. The lowest BCUT2D eigenvalue weighted by Gasteiger charge is -2.40. The van der Waals surface area contributed by atoms with E-state index in [1.165, 1.54) is 70.6 Å². The summed E-state index contributed by atoms with van der Waals surface area (Å²) >= 11 is 0. The fraction of sp³-hybridized carbons (Fsp3) is 0.714. The third-order valence-electron chi connectivity index (χ3n) is 12.9. The zero-order chi connectivity index (χ0) is 54.7. The number of carbonyl (C=O) groups is 4. The van der Waals surface area contributed by atoms with E-state index in [4.69, 9.17) is 23.7 Å². The number of esters is 3. The van der Waals surface area contributed by atoms with Crippen molar-refractivity contribution < 1.29 is 58.2 Å². The Morgan fingerprint density at radius 2 is 0.840 bits per heavy atom. The molecule has 75 heavy (non-hydrogen) atoms. The molecule has 0 aromatic carbocycles. The lowest BCUT2D eigenvalue weighted by atomic mass is 9.98. The highest BCUT2D eigenvalue weighted by Gasteiger charge is 2.50. The maximum absolute atomic E-state index is 13.1. The van der Waals surface area contributed by atoms with Gasteiger partial charge in [-0.3, -0.25) is 14.4 Å². The number of unbranched alkanes of at least 4 members (excludes halogenated alkanes) is 21. The molecule has 1 aliphatic rings. The Morgan fingerprint density at radius 1 is 0.453 bits per heavy atom. The van der Waals surface area contributed by atoms with E-state index in [0.717, 1.165) is 109 Å². The van der Waals surface area contributed by atoms with Crippen molar-refractivity contribution >= 4 is 23.9 Å². The molecule has 3 N–H and O–H groups in total. The van der Waals surface area contributed by atoms with Gasteiger partial charge in [-0.05, 0) is 109 Å². The Balaban J connectivity index is 2.69. The molecule has 0 aromatic heterocycles. The summed E-state index contributed by atoms with van der Waals surface area (Å²) in [6.45, 7) is 5.70. The van der Waals surface area contributed by atoms with Crippen LogP contribution in [0.25, 0.3) is 0 Å². The average Bonchev–Trinajstić information content (AvgIpc) is 3.39. The number of rotatable bonds is 49. The molecule has 1 aliphatic heterocycles. The fourth-order valence-corrected chi connectivity index (χ4v) is 8.45. The largest absolute Gasteiger partial charge is 0.479 e. The standard InChI is InChI=1S/C63H104O12/c1-4-7-10-13-16-19-22-25-26-27-28-29-30-33-36-39-42-45-48-51-57(66)74-61-59(68)58(67)60(62(69)70)75-63(61)72-53-54(73-56(65)50-47-44-41-38-35-32-24-21-18-15-12-9-6-3)52-71-55(64)49-46-43-40-37-34-31-23-20-17-14-11-8-5-2/h8-9,11-12,17-18,20-21,25-26,31-32,34-35,54,58-61,63,67-68H,4-7,10,13-16,19,22-24,27-30,33,36-53H2,1-3H3,(H,69,70)/b11-8-,12-9-,20-17-,21-18-,26-25-,34-31-,35-32-. The van der Waals surface area contributed by atoms with Gasteiger partial charge >= 0.3 is 23.9 Å². The fourth-order valence-electron chi connectivity index (χ4n) is 8.45. The van der Waals surface area contributed by atoms with Crippen LogP contribution in [0.15, 0.2) is 85.1 Å². The molecule has 0 spiro atoms. The smallest absolute Gasteiger partial charge is 0.335 e. The molecular weight excluding hydrogens is 949 g/mol. The van der Waals surface area contributed by atoms with Crippen molar-refractivity contribution in [1.29, 1.82) is 0 Å². The molecule has 0 bridgehead atoms. The average molecular weight is 1050 g/mol. The van der Waals surface area contributed by atoms with Crippen molar-refractivity contribution in [3.8, 4) is 0 Å². The Labute approximate surface area is 454 Å². The molecule has 1 fully saturated rings. The number of ether oxygens (including phenoxy) is 5. The molecule has 0 radical (unpaired) electrons. The SMILES string of the molecule is CC/C=C\C/C=C\C/C=C\CCCCCC(=O)OCC(COC1OC(C(=O)O)C(O)C(O)C1OC(=O)CCCCCCCCCCC/C=C\CCCCCCCC)OC(=O)CCCCC/C=C\C/C=C\C/C=C\CC. The molecule has 1 rings (SSSR count). The number of aliphatic hydroxyl groups is 2. The molecule has 1 heterocycles. The van der Waals surface area contributed by atoms with Crippen molar-refractivity contribution in [2.45, 2.75) is 276 Å². The van der Waals surface area contributed by atoms with E-state index in [9.17, 15) is 34.5 Å². The number of allylic oxidation sites excluding steroid dienone is 14. The summed E-state index contributed by atoms with van der Waals surface area (Å²) in [4.78, 5) is 51.1. The predicted octanol–water partition coefficient (Wildman–Crippen LogP) is 15.1. The summed E-state index contributed by atoms with van der Waals surface area (Å²) in [5.74, 6) is -3.20. The maximum atomic E-state index is 13.1. The quantitative estimate of drug-likeness (QED) is 0.0228. The van der Waals surface area contributed by atoms with Gasteiger partial charge in [-0.25, -0.2) is 4.79 Å². The molecular formula is C63H104O12. The molecule has 428 valence electrons. The van der Waals surface area contributed by atoms with Gasteiger partial charge in [0.05, 0.1) is 6.61 Å². The van der Waals surface area contributed by atoms with Crippen molar-refractivity contribution in [3.05, 3.63) is 85.1 Å². The number of hydrogen-bond donors (Lipinski definition) is 3. The van der Waals surface area contributed by atoms with Crippen LogP contribution in [-0.2, 0) is 42.9 Å². The molecule has 6 unspecified atom stereocenters. The van der Waals surface area contributed by atoms with E-state index < -0.39 is 67.3 Å². The van der Waals surface area contributed by atoms with Crippen LogP contribution in [0.4, 0.5) is 0 Å². The normalized spacial score (nSPS) is 18.8. The number of aliphatic carboxylic acids is 1. The van der Waals surface area contributed by atoms with Crippen molar-refractivity contribution in [3.63, 3.8) is 0 Å². The Morgan fingerprint density at radius 3 is 1.31 bits per heavy atom. The lowest BCUT2D eigenvalue weighted by molar-refractivity contribution is -0.301. The lowest BCUT2D eigenvalue weighted by Crippen LogP contribution is -2.61. The Bertz CT molecular complexity index is 1630. The number of carboxylic acids is 1. The van der Waals surface area contributed by atoms with Gasteiger partial charge in [0.2, 0.25) is 0 Å². The van der Waals surface area contributed by atoms with Gasteiger partial charge in [0.25, 0.3) is 0 Å². The van der Waals surface area contributed by atoms with E-state index in [1.54, 1.807) is 0 Å². The highest BCUT2D eigenvalue weighted by Crippen LogP contribution is 2.26. The van der Waals surface area contributed by atoms with Gasteiger partial charge in [0.15, 0.2) is 24.6 Å². The van der Waals surface area contributed by atoms with E-state index in [0.29, 0.717) is 19.3 Å². The van der Waals surface area contributed by atoms with Crippen LogP contribution >= 0.6 is 0 Å². The van der Waals surface area contributed by atoms with Crippen LogP contribution in [-0.4, -0.2) is 89.2 Å². The van der Waals surface area contributed by atoms with Gasteiger partial charge in [0, 0.05) is 19.3 Å². The molecule has 0 aliphatic carbocycles. The number of carboxylic acid groups (broad SMARTS) is 1. The molecule has 1 saturated heterocycles. The second-order valence-electron chi connectivity index (χ2n) is 19.9. The van der Waals surface area contributed by atoms with Crippen LogP contribution < -0.4 is 0 Å². The topological polar surface area (TPSA) is 175 Å². The molecule has 0 amide bonds. The molecule has 6 atom stereocenters. The third kappa shape index (κ3) is 40.8. The molecule has 12 nitrogen and oxygen atoms in total. The first-order valence-electron chi connectivity index (χ1n) is 29.6. The van der Waals surface area contributed by atoms with Crippen LogP contribution in [0.3, 0.4) is 0 Å². The summed E-state index contributed by atoms with van der Waals surface area (Å²) in [5, 5.41) is 31.5. The number of hydrogen-bond acceptors (Lipinski definition) is 11. The van der Waals surface area contributed by atoms with E-state index in [-0.39, 0.29) is 25.9 Å². The van der Waals surface area contributed by atoms with Crippen molar-refractivity contribution in [2.24, 2.45) is 0 Å².